The first-order valence-corrected chi connectivity index (χ1v) is 7.50. The predicted octanol–water partition coefficient (Wildman–Crippen LogP) is 2.18. The molecule has 0 saturated carbocycles. The molecule has 1 aliphatic rings. The topological polar surface area (TPSA) is 76.1 Å². The molecule has 0 radical (unpaired) electrons. The molecule has 1 saturated heterocycles. The summed E-state index contributed by atoms with van der Waals surface area (Å²) in [5, 5.41) is 9.24. The summed E-state index contributed by atoms with van der Waals surface area (Å²) in [6.07, 6.45) is 5.16. The van der Waals surface area contributed by atoms with Gasteiger partial charge in [0.2, 0.25) is 5.91 Å². The van der Waals surface area contributed by atoms with Crippen molar-refractivity contribution in [1.82, 2.24) is 4.90 Å². The fraction of sp³-hybridized carbons (Fsp3) is 0.412. The quantitative estimate of drug-likeness (QED) is 0.842. The van der Waals surface area contributed by atoms with E-state index in [1.54, 1.807) is 38.5 Å². The van der Waals surface area contributed by atoms with E-state index in [1.807, 2.05) is 0 Å². The lowest BCUT2D eigenvalue weighted by Gasteiger charge is -2.32. The fourth-order valence-corrected chi connectivity index (χ4v) is 2.68. The van der Waals surface area contributed by atoms with Gasteiger partial charge in [-0.05, 0) is 43.5 Å². The van der Waals surface area contributed by atoms with E-state index in [-0.39, 0.29) is 5.91 Å². The molecule has 1 aromatic carbocycles. The van der Waals surface area contributed by atoms with Crippen molar-refractivity contribution in [3.63, 3.8) is 0 Å². The average molecular weight is 319 g/mol. The minimum atomic E-state index is -0.953. The number of hydrogen-bond acceptors (Lipinski definition) is 4. The van der Waals surface area contributed by atoms with Gasteiger partial charge in [0.1, 0.15) is 17.5 Å². The van der Waals surface area contributed by atoms with Crippen molar-refractivity contribution in [3.05, 3.63) is 29.8 Å². The van der Waals surface area contributed by atoms with E-state index in [1.165, 1.54) is 11.0 Å². The maximum atomic E-state index is 12.3. The van der Waals surface area contributed by atoms with Gasteiger partial charge in [0.25, 0.3) is 0 Å². The van der Waals surface area contributed by atoms with Gasteiger partial charge in [0.15, 0.2) is 0 Å². The predicted molar refractivity (Wildman–Crippen MR) is 85.6 cm³/mol. The monoisotopic (exact) mass is 319 g/mol. The Morgan fingerprint density at radius 2 is 2.04 bits per heavy atom. The number of hydrogen-bond donors (Lipinski definition) is 1. The Labute approximate surface area is 135 Å². The molecule has 0 spiro atoms. The van der Waals surface area contributed by atoms with E-state index in [0.717, 1.165) is 12.8 Å². The zero-order valence-corrected chi connectivity index (χ0v) is 13.3. The number of carboxylic acids is 1. The number of likely N-dealkylation sites (tertiary alicyclic amines) is 1. The van der Waals surface area contributed by atoms with Crippen LogP contribution >= 0.6 is 0 Å². The number of carboxylic acid groups (broad SMARTS) is 1. The number of amides is 1. The second-order valence-corrected chi connectivity index (χ2v) is 5.32. The van der Waals surface area contributed by atoms with Crippen LogP contribution in [0.2, 0.25) is 0 Å². The molecule has 1 heterocycles. The van der Waals surface area contributed by atoms with Crippen LogP contribution in [0, 0.1) is 0 Å². The van der Waals surface area contributed by atoms with Crippen molar-refractivity contribution >= 4 is 18.0 Å². The molecule has 23 heavy (non-hydrogen) atoms. The first-order valence-electron chi connectivity index (χ1n) is 7.50. The molecule has 0 bridgehead atoms. The van der Waals surface area contributed by atoms with Crippen molar-refractivity contribution in [2.75, 3.05) is 20.8 Å². The van der Waals surface area contributed by atoms with Crippen molar-refractivity contribution in [1.29, 1.82) is 0 Å². The van der Waals surface area contributed by atoms with Gasteiger partial charge in [-0.3, -0.25) is 4.79 Å². The van der Waals surface area contributed by atoms with E-state index in [2.05, 4.69) is 0 Å². The van der Waals surface area contributed by atoms with Gasteiger partial charge in [-0.25, -0.2) is 4.79 Å². The molecule has 6 nitrogen and oxygen atoms in total. The molecule has 1 N–H and O–H groups in total. The number of carbonyl (C=O) groups is 2. The number of methoxy groups -OCH3 is 2. The lowest BCUT2D eigenvalue weighted by molar-refractivity contribution is -0.150. The largest absolute Gasteiger partial charge is 0.497 e. The summed E-state index contributed by atoms with van der Waals surface area (Å²) in [5.41, 5.74) is 0.698. The van der Waals surface area contributed by atoms with E-state index in [4.69, 9.17) is 9.47 Å². The smallest absolute Gasteiger partial charge is 0.326 e. The Hall–Kier alpha value is -2.50. The van der Waals surface area contributed by atoms with Crippen molar-refractivity contribution < 1.29 is 24.2 Å². The first kappa shape index (κ1) is 16.9. The summed E-state index contributed by atoms with van der Waals surface area (Å²) in [6.45, 7) is 0.468. The molecule has 1 unspecified atom stereocenters. The SMILES string of the molecule is COc1ccc(OC)c(/C=C/C(=O)N2CCCCC2C(=O)O)c1. The molecule has 1 aromatic rings. The summed E-state index contributed by atoms with van der Waals surface area (Å²) in [6, 6.07) is 4.54. The molecule has 1 aliphatic heterocycles. The van der Waals surface area contributed by atoms with Crippen LogP contribution in [-0.2, 0) is 9.59 Å². The Balaban J connectivity index is 2.18. The van der Waals surface area contributed by atoms with E-state index >= 15 is 0 Å². The first-order chi connectivity index (χ1) is 11.1. The molecule has 2 rings (SSSR count). The van der Waals surface area contributed by atoms with Crippen molar-refractivity contribution in [3.8, 4) is 11.5 Å². The minimum Gasteiger partial charge on any atom is -0.497 e. The Bertz CT molecular complexity index is 611. The highest BCUT2D eigenvalue weighted by Crippen LogP contribution is 2.25. The third kappa shape index (κ3) is 4.03. The van der Waals surface area contributed by atoms with Crippen LogP contribution in [0.5, 0.6) is 11.5 Å². The molecule has 6 heteroatoms. The number of rotatable bonds is 5. The second-order valence-electron chi connectivity index (χ2n) is 5.32. The van der Waals surface area contributed by atoms with Crippen LogP contribution in [0.25, 0.3) is 6.08 Å². The molecule has 1 amide bonds. The maximum Gasteiger partial charge on any atom is 0.326 e. The van der Waals surface area contributed by atoms with E-state index < -0.39 is 12.0 Å². The molecule has 1 fully saturated rings. The summed E-state index contributed by atoms with van der Waals surface area (Å²) in [5.74, 6) is 0.00921. The van der Waals surface area contributed by atoms with Gasteiger partial charge in [-0.15, -0.1) is 0 Å². The summed E-state index contributed by atoms with van der Waals surface area (Å²) in [4.78, 5) is 25.0. The van der Waals surface area contributed by atoms with Crippen LogP contribution in [0.1, 0.15) is 24.8 Å². The van der Waals surface area contributed by atoms with E-state index in [9.17, 15) is 14.7 Å². The van der Waals surface area contributed by atoms with Gasteiger partial charge < -0.3 is 19.5 Å². The molecular weight excluding hydrogens is 298 g/mol. The molecule has 0 aliphatic carbocycles. The zero-order chi connectivity index (χ0) is 16.8. The average Bonchev–Trinajstić information content (AvgIpc) is 2.59. The highest BCUT2D eigenvalue weighted by atomic mass is 16.5. The lowest BCUT2D eigenvalue weighted by Crippen LogP contribution is -2.47. The van der Waals surface area contributed by atoms with Gasteiger partial charge in [0, 0.05) is 18.2 Å². The van der Waals surface area contributed by atoms with Crippen molar-refractivity contribution in [2.24, 2.45) is 0 Å². The highest BCUT2D eigenvalue weighted by molar-refractivity contribution is 5.94. The van der Waals surface area contributed by atoms with Crippen LogP contribution in [-0.4, -0.2) is 48.7 Å². The third-order valence-corrected chi connectivity index (χ3v) is 3.91. The summed E-state index contributed by atoms with van der Waals surface area (Å²) < 4.78 is 10.4. The summed E-state index contributed by atoms with van der Waals surface area (Å²) >= 11 is 0. The molecule has 1 atom stereocenters. The normalized spacial score (nSPS) is 18.0. The number of aliphatic carboxylic acids is 1. The van der Waals surface area contributed by atoms with Crippen LogP contribution in [0.4, 0.5) is 0 Å². The van der Waals surface area contributed by atoms with Gasteiger partial charge in [-0.2, -0.15) is 0 Å². The lowest BCUT2D eigenvalue weighted by atomic mass is 10.0. The Kier molecular flexibility index (Phi) is 5.62. The molecule has 0 aromatic heterocycles. The standard InChI is InChI=1S/C17H21NO5/c1-22-13-7-8-15(23-2)12(11-13)6-9-16(19)18-10-4-3-5-14(18)17(20)21/h6-9,11,14H,3-5,10H2,1-2H3,(H,20,21)/b9-6+. The third-order valence-electron chi connectivity index (χ3n) is 3.91. The highest BCUT2D eigenvalue weighted by Gasteiger charge is 2.30. The van der Waals surface area contributed by atoms with Crippen molar-refractivity contribution in [2.45, 2.75) is 25.3 Å². The Morgan fingerprint density at radius 3 is 2.70 bits per heavy atom. The summed E-state index contributed by atoms with van der Waals surface area (Å²) in [7, 11) is 3.11. The number of nitrogens with zero attached hydrogens (tertiary/aromatic N) is 1. The number of piperidine rings is 1. The number of benzene rings is 1. The molecular formula is C17H21NO5. The van der Waals surface area contributed by atoms with Crippen LogP contribution in [0.15, 0.2) is 24.3 Å². The number of carbonyl (C=O) groups excluding carboxylic acids is 1. The maximum absolute atomic E-state index is 12.3. The minimum absolute atomic E-state index is 0.304. The van der Waals surface area contributed by atoms with Gasteiger partial charge in [-0.1, -0.05) is 0 Å². The van der Waals surface area contributed by atoms with E-state index in [0.29, 0.717) is 30.0 Å². The number of ether oxygens (including phenoxy) is 2. The zero-order valence-electron chi connectivity index (χ0n) is 13.3. The molecule has 124 valence electrons. The van der Waals surface area contributed by atoms with Crippen LogP contribution < -0.4 is 9.47 Å². The van der Waals surface area contributed by atoms with Gasteiger partial charge in [0.05, 0.1) is 14.2 Å². The fourth-order valence-electron chi connectivity index (χ4n) is 2.68. The Morgan fingerprint density at radius 1 is 1.26 bits per heavy atom. The second kappa shape index (κ2) is 7.67. The van der Waals surface area contributed by atoms with Gasteiger partial charge >= 0.3 is 5.97 Å². The van der Waals surface area contributed by atoms with Crippen LogP contribution in [0.3, 0.4) is 0 Å².